The lowest BCUT2D eigenvalue weighted by molar-refractivity contribution is -0.150. The van der Waals surface area contributed by atoms with Gasteiger partial charge in [-0.25, -0.2) is 9.78 Å². The van der Waals surface area contributed by atoms with E-state index in [-0.39, 0.29) is 32.0 Å². The average Bonchev–Trinajstić information content (AvgIpc) is 3.43. The fraction of sp³-hybridized carbons (Fsp3) is 0.158. The van der Waals surface area contributed by atoms with Gasteiger partial charge in [0.15, 0.2) is 16.3 Å². The van der Waals surface area contributed by atoms with Crippen molar-refractivity contribution < 1.29 is 24.7 Å². The molecular formula is C19H12ClN5O6S5. The van der Waals surface area contributed by atoms with Crippen LogP contribution in [0.4, 0.5) is 5.13 Å². The average molecular weight is 602 g/mol. The number of aliphatic carboxylic acids is 1. The Labute approximate surface area is 226 Å². The lowest BCUT2D eigenvalue weighted by Crippen LogP contribution is -2.71. The molecule has 0 radical (unpaired) electrons. The van der Waals surface area contributed by atoms with Crippen molar-refractivity contribution in [2.24, 2.45) is 5.16 Å². The van der Waals surface area contributed by atoms with E-state index in [0.29, 0.717) is 13.8 Å². The van der Waals surface area contributed by atoms with Crippen LogP contribution in [0, 0.1) is 0 Å². The number of hydrogen-bond acceptors (Lipinski definition) is 13. The maximum atomic E-state index is 12.9. The summed E-state index contributed by atoms with van der Waals surface area (Å²) in [7, 11) is 0. The topological polar surface area (TPSA) is 175 Å². The molecule has 1 saturated heterocycles. The molecule has 17 heteroatoms. The molecular weight excluding hydrogens is 590 g/mol. The Kier molecular flexibility index (Phi) is 6.73. The zero-order valence-electron chi connectivity index (χ0n) is 17.5. The van der Waals surface area contributed by atoms with Gasteiger partial charge in [-0.15, -0.1) is 34.4 Å². The van der Waals surface area contributed by atoms with Crippen molar-refractivity contribution in [2.45, 2.75) is 15.6 Å². The summed E-state index contributed by atoms with van der Waals surface area (Å²) in [5, 5.41) is 25.8. The standard InChI is InChI=1S/C19H12ClN5O6S5/c20-14-9(23-19(21)36-14)10(24-31)15(27)22-11-16(28)25-12(18(29)30)7(4-33-17(11)25)35-8-3-5(26)13-6(34-8)1-2-32-13/h1-3,11,17,31H,4H2,(H2,21,23)(H,22,27)(H,29,30)/t11?,17-/m0/s1. The molecule has 36 heavy (non-hydrogen) atoms. The molecule has 0 aromatic carbocycles. The van der Waals surface area contributed by atoms with Gasteiger partial charge in [0.05, 0.1) is 13.6 Å². The van der Waals surface area contributed by atoms with Gasteiger partial charge in [0.1, 0.15) is 27.1 Å². The number of carboxylic acid groups (broad SMARTS) is 1. The van der Waals surface area contributed by atoms with Crippen LogP contribution in [-0.2, 0) is 14.4 Å². The number of nitrogen functional groups attached to an aromatic ring is 1. The molecule has 3 aromatic heterocycles. The van der Waals surface area contributed by atoms with Crippen LogP contribution in [0.3, 0.4) is 0 Å². The molecule has 0 aliphatic carbocycles. The van der Waals surface area contributed by atoms with Crippen molar-refractivity contribution in [2.75, 3.05) is 11.5 Å². The van der Waals surface area contributed by atoms with E-state index < -0.39 is 34.9 Å². The van der Waals surface area contributed by atoms with Gasteiger partial charge in [-0.05, 0) is 11.4 Å². The Morgan fingerprint density at radius 2 is 2.11 bits per heavy atom. The number of nitrogens with two attached hydrogens (primary N) is 1. The van der Waals surface area contributed by atoms with Gasteiger partial charge in [-0.2, -0.15) is 0 Å². The number of hydrogen-bond donors (Lipinski definition) is 4. The van der Waals surface area contributed by atoms with E-state index in [1.807, 2.05) is 11.4 Å². The number of amides is 2. The number of halogens is 1. The number of aromatic nitrogens is 1. The number of thioether (sulfide) groups is 2. The van der Waals surface area contributed by atoms with Crippen molar-refractivity contribution in [3.05, 3.63) is 48.4 Å². The van der Waals surface area contributed by atoms with Crippen molar-refractivity contribution >= 4 is 107 Å². The van der Waals surface area contributed by atoms with Crippen LogP contribution < -0.4 is 16.5 Å². The first kappa shape index (κ1) is 25.0. The van der Waals surface area contributed by atoms with E-state index in [2.05, 4.69) is 15.5 Å². The summed E-state index contributed by atoms with van der Waals surface area (Å²) in [5.74, 6) is -2.62. The summed E-state index contributed by atoms with van der Waals surface area (Å²) in [6.07, 6.45) is 0. The third kappa shape index (κ3) is 4.26. The lowest BCUT2D eigenvalue weighted by Gasteiger charge is -2.49. The number of thiazole rings is 1. The van der Waals surface area contributed by atoms with E-state index in [9.17, 15) is 29.5 Å². The molecule has 2 aliphatic rings. The second-order valence-corrected chi connectivity index (χ2v) is 13.3. The lowest BCUT2D eigenvalue weighted by atomic mass is 10.0. The molecule has 2 aliphatic heterocycles. The van der Waals surface area contributed by atoms with Crippen molar-refractivity contribution in [3.8, 4) is 0 Å². The predicted molar refractivity (Wildman–Crippen MR) is 141 cm³/mol. The van der Waals surface area contributed by atoms with Gasteiger partial charge in [-0.3, -0.25) is 19.3 Å². The molecule has 0 bridgehead atoms. The third-order valence-electron chi connectivity index (χ3n) is 5.10. The number of carboxylic acids is 1. The Bertz CT molecular complexity index is 1560. The highest BCUT2D eigenvalue weighted by atomic mass is 35.5. The summed E-state index contributed by atoms with van der Waals surface area (Å²) < 4.78 is 2.09. The summed E-state index contributed by atoms with van der Waals surface area (Å²) in [4.78, 5) is 55.5. The van der Waals surface area contributed by atoms with E-state index in [1.165, 1.54) is 40.5 Å². The fourth-order valence-corrected chi connectivity index (χ4v) is 9.34. The molecule has 5 N–H and O–H groups in total. The van der Waals surface area contributed by atoms with Crippen LogP contribution in [0.25, 0.3) is 9.40 Å². The van der Waals surface area contributed by atoms with E-state index in [4.69, 9.17) is 17.3 Å². The monoisotopic (exact) mass is 601 g/mol. The molecule has 0 saturated carbocycles. The first-order valence-corrected chi connectivity index (χ1v) is 14.5. The van der Waals surface area contributed by atoms with E-state index >= 15 is 0 Å². The Morgan fingerprint density at radius 1 is 1.33 bits per heavy atom. The molecule has 5 heterocycles. The highest BCUT2D eigenvalue weighted by Crippen LogP contribution is 2.46. The number of nitrogens with one attached hydrogen (secondary N) is 1. The molecule has 2 atom stereocenters. The zero-order chi connectivity index (χ0) is 25.7. The molecule has 1 unspecified atom stereocenters. The zero-order valence-corrected chi connectivity index (χ0v) is 22.3. The van der Waals surface area contributed by atoms with Crippen molar-refractivity contribution in [1.82, 2.24) is 15.2 Å². The maximum Gasteiger partial charge on any atom is 0.353 e. The minimum atomic E-state index is -1.30. The first-order chi connectivity index (χ1) is 17.2. The molecule has 3 aromatic rings. The second kappa shape index (κ2) is 9.68. The highest BCUT2D eigenvalue weighted by molar-refractivity contribution is 8.07. The number of rotatable bonds is 6. The smallest absolute Gasteiger partial charge is 0.353 e. The largest absolute Gasteiger partial charge is 0.477 e. The van der Waals surface area contributed by atoms with Gasteiger partial charge in [-0.1, -0.05) is 39.9 Å². The van der Waals surface area contributed by atoms with E-state index in [1.54, 1.807) is 0 Å². The number of nitrogens with zero attached hydrogens (tertiary/aromatic N) is 3. The second-order valence-electron chi connectivity index (χ2n) is 7.21. The number of fused-ring (bicyclic) bond motifs is 2. The van der Waals surface area contributed by atoms with Gasteiger partial charge in [0.2, 0.25) is 0 Å². The number of β-lactam (4-membered cyclic amide) rings is 1. The van der Waals surface area contributed by atoms with Crippen molar-refractivity contribution in [1.29, 1.82) is 0 Å². The molecule has 5 rings (SSSR count). The summed E-state index contributed by atoms with van der Waals surface area (Å²) in [6, 6.07) is 2.23. The fourth-order valence-electron chi connectivity index (χ4n) is 3.58. The maximum absolute atomic E-state index is 12.9. The normalized spacial score (nSPS) is 19.9. The molecule has 1 fully saturated rings. The SMILES string of the molecule is Nc1nc(C(=NO)C(=O)NC2C(=O)N3C(C(=O)O)=C(Sc4cc(=O)c5sccc5s4)CS[C@@H]23)c(Cl)s1. The molecule has 11 nitrogen and oxygen atoms in total. The minimum absolute atomic E-state index is 0.0322. The molecule has 186 valence electrons. The Hall–Kier alpha value is -2.63. The van der Waals surface area contributed by atoms with Gasteiger partial charge < -0.3 is 21.4 Å². The quantitative estimate of drug-likeness (QED) is 0.142. The van der Waals surface area contributed by atoms with Crippen LogP contribution in [-0.4, -0.2) is 60.9 Å². The Balaban J connectivity index is 1.38. The summed E-state index contributed by atoms with van der Waals surface area (Å²) in [5.41, 5.74) is 4.57. The highest BCUT2D eigenvalue weighted by Gasteiger charge is 2.54. The minimum Gasteiger partial charge on any atom is -0.477 e. The van der Waals surface area contributed by atoms with Gasteiger partial charge >= 0.3 is 5.97 Å². The van der Waals surface area contributed by atoms with Gasteiger partial charge in [0.25, 0.3) is 11.8 Å². The van der Waals surface area contributed by atoms with Crippen LogP contribution in [0.1, 0.15) is 5.69 Å². The van der Waals surface area contributed by atoms with Crippen molar-refractivity contribution in [3.63, 3.8) is 0 Å². The van der Waals surface area contributed by atoms with Crippen LogP contribution in [0.5, 0.6) is 0 Å². The van der Waals surface area contributed by atoms with Crippen LogP contribution in [0.15, 0.2) is 42.3 Å². The molecule has 2 amide bonds. The molecule has 0 spiro atoms. The Morgan fingerprint density at radius 3 is 2.78 bits per heavy atom. The summed E-state index contributed by atoms with van der Waals surface area (Å²) >= 11 is 12.0. The van der Waals surface area contributed by atoms with Crippen LogP contribution >= 0.6 is 69.1 Å². The number of carbonyl (C=O) groups excluding carboxylic acids is 2. The predicted octanol–water partition coefficient (Wildman–Crippen LogP) is 2.68. The number of anilines is 1. The number of thiophene rings is 1. The third-order valence-corrected chi connectivity index (χ3v) is 11.0. The summed E-state index contributed by atoms with van der Waals surface area (Å²) in [6.45, 7) is 0. The number of oxime groups is 1. The van der Waals surface area contributed by atoms with Gasteiger partial charge in [0, 0.05) is 16.7 Å². The number of carbonyl (C=O) groups is 3. The van der Waals surface area contributed by atoms with E-state index in [0.717, 1.165) is 32.7 Å². The first-order valence-electron chi connectivity index (χ1n) is 9.75. The van der Waals surface area contributed by atoms with Crippen LogP contribution in [0.2, 0.25) is 4.34 Å².